The second-order valence-corrected chi connectivity index (χ2v) is 4.01. The number of hydrogen-bond acceptors (Lipinski definition) is 3. The lowest BCUT2D eigenvalue weighted by atomic mass is 10.0. The Morgan fingerprint density at radius 3 is 2.29 bits per heavy atom. The van der Waals surface area contributed by atoms with Crippen molar-refractivity contribution in [3.63, 3.8) is 0 Å². The maximum Gasteiger partial charge on any atom is 0.320 e. The molecule has 3 N–H and O–H groups in total. The Morgan fingerprint density at radius 1 is 1.36 bits per heavy atom. The molecule has 0 radical (unpaired) electrons. The molecule has 0 aliphatic carbocycles. The van der Waals surface area contributed by atoms with Crippen LogP contribution in [0.3, 0.4) is 0 Å². The summed E-state index contributed by atoms with van der Waals surface area (Å²) in [6.07, 6.45) is 1.20. The number of carboxylic acids is 1. The molecule has 0 heterocycles. The summed E-state index contributed by atoms with van der Waals surface area (Å²) >= 11 is 0. The molecule has 0 bridgehead atoms. The maximum absolute atomic E-state index is 10.8. The van der Waals surface area contributed by atoms with Crippen molar-refractivity contribution >= 4 is 5.97 Å². The molecule has 2 atom stereocenters. The molecule has 0 rings (SSSR count). The van der Waals surface area contributed by atoms with Crippen LogP contribution < -0.4 is 5.32 Å². The summed E-state index contributed by atoms with van der Waals surface area (Å²) in [5.41, 5.74) is 0. The van der Waals surface area contributed by atoms with Crippen molar-refractivity contribution in [3.05, 3.63) is 0 Å². The van der Waals surface area contributed by atoms with Crippen LogP contribution >= 0.6 is 0 Å². The minimum absolute atomic E-state index is 0.0825. The fourth-order valence-corrected chi connectivity index (χ4v) is 1.26. The highest BCUT2D eigenvalue weighted by Crippen LogP contribution is 2.02. The zero-order valence-corrected chi connectivity index (χ0v) is 9.16. The highest BCUT2D eigenvalue weighted by Gasteiger charge is 2.19. The Morgan fingerprint density at radius 2 is 1.93 bits per heavy atom. The van der Waals surface area contributed by atoms with E-state index in [1.807, 2.05) is 13.8 Å². The van der Waals surface area contributed by atoms with Gasteiger partial charge in [-0.3, -0.25) is 4.79 Å². The van der Waals surface area contributed by atoms with E-state index in [0.717, 1.165) is 6.42 Å². The summed E-state index contributed by atoms with van der Waals surface area (Å²) in [7, 11) is 0. The van der Waals surface area contributed by atoms with Gasteiger partial charge in [0.15, 0.2) is 0 Å². The van der Waals surface area contributed by atoms with Gasteiger partial charge in [-0.1, -0.05) is 13.8 Å². The van der Waals surface area contributed by atoms with Crippen molar-refractivity contribution in [3.8, 4) is 0 Å². The van der Waals surface area contributed by atoms with Crippen molar-refractivity contribution in [2.45, 2.75) is 45.8 Å². The Labute approximate surface area is 85.3 Å². The first-order valence-corrected chi connectivity index (χ1v) is 5.09. The van der Waals surface area contributed by atoms with E-state index in [1.54, 1.807) is 6.92 Å². The molecule has 0 saturated carbocycles. The molecule has 14 heavy (non-hydrogen) atoms. The number of aliphatic hydroxyl groups excluding tert-OH is 1. The summed E-state index contributed by atoms with van der Waals surface area (Å²) in [5, 5.41) is 20.8. The van der Waals surface area contributed by atoms with Gasteiger partial charge in [0.05, 0.1) is 6.10 Å². The Bertz CT molecular complexity index is 169. The van der Waals surface area contributed by atoms with Crippen molar-refractivity contribution in [1.82, 2.24) is 5.32 Å². The van der Waals surface area contributed by atoms with Gasteiger partial charge in [0.2, 0.25) is 0 Å². The van der Waals surface area contributed by atoms with Crippen LogP contribution in [-0.2, 0) is 4.79 Å². The predicted octanol–water partition coefficient (Wildman–Crippen LogP) is 0.846. The van der Waals surface area contributed by atoms with Gasteiger partial charge in [-0.15, -0.1) is 0 Å². The van der Waals surface area contributed by atoms with Crippen molar-refractivity contribution in [2.24, 2.45) is 5.92 Å². The second kappa shape index (κ2) is 6.79. The fourth-order valence-electron chi connectivity index (χ4n) is 1.26. The highest BCUT2D eigenvalue weighted by molar-refractivity contribution is 5.73. The first kappa shape index (κ1) is 13.4. The summed E-state index contributed by atoms with van der Waals surface area (Å²) in [4.78, 5) is 10.8. The van der Waals surface area contributed by atoms with Crippen LogP contribution in [0.15, 0.2) is 0 Å². The lowest BCUT2D eigenvalue weighted by Crippen LogP contribution is -2.41. The summed E-state index contributed by atoms with van der Waals surface area (Å²) < 4.78 is 0. The first-order valence-electron chi connectivity index (χ1n) is 5.09. The van der Waals surface area contributed by atoms with Gasteiger partial charge in [-0.25, -0.2) is 0 Å². The normalized spacial score (nSPS) is 15.5. The third-order valence-corrected chi connectivity index (χ3v) is 2.10. The maximum atomic E-state index is 10.8. The van der Waals surface area contributed by atoms with Gasteiger partial charge >= 0.3 is 5.97 Å². The number of rotatable bonds is 7. The Balaban J connectivity index is 3.67. The minimum atomic E-state index is -0.808. The van der Waals surface area contributed by atoms with Crippen LogP contribution in [0.2, 0.25) is 0 Å². The van der Waals surface area contributed by atoms with Crippen molar-refractivity contribution in [1.29, 1.82) is 0 Å². The Kier molecular flexibility index (Phi) is 6.49. The molecule has 0 spiro atoms. The lowest BCUT2D eigenvalue weighted by molar-refractivity contribution is -0.140. The van der Waals surface area contributed by atoms with Gasteiger partial charge < -0.3 is 15.5 Å². The second-order valence-electron chi connectivity index (χ2n) is 4.01. The van der Waals surface area contributed by atoms with E-state index in [0.29, 0.717) is 13.0 Å². The van der Waals surface area contributed by atoms with Gasteiger partial charge in [0, 0.05) is 0 Å². The van der Waals surface area contributed by atoms with Gasteiger partial charge in [0.25, 0.3) is 0 Å². The molecule has 84 valence electrons. The molecule has 0 aliphatic rings. The van der Waals surface area contributed by atoms with Crippen LogP contribution in [0.4, 0.5) is 0 Å². The third-order valence-electron chi connectivity index (χ3n) is 2.10. The molecule has 0 saturated heterocycles. The summed E-state index contributed by atoms with van der Waals surface area (Å²) in [5.74, 6) is -0.726. The average molecular weight is 203 g/mol. The molecule has 0 aromatic heterocycles. The van der Waals surface area contributed by atoms with Crippen molar-refractivity contribution in [2.75, 3.05) is 6.54 Å². The number of aliphatic carboxylic acids is 1. The fraction of sp³-hybridized carbons (Fsp3) is 0.900. The topological polar surface area (TPSA) is 69.6 Å². The SMILES string of the molecule is CC(O)CCCNC(C(=O)O)C(C)C. The molecule has 0 aliphatic heterocycles. The van der Waals surface area contributed by atoms with Gasteiger partial charge in [-0.2, -0.15) is 0 Å². The minimum Gasteiger partial charge on any atom is -0.480 e. The zero-order chi connectivity index (χ0) is 11.1. The number of carbonyl (C=O) groups is 1. The smallest absolute Gasteiger partial charge is 0.320 e. The van der Waals surface area contributed by atoms with Crippen LogP contribution in [0.5, 0.6) is 0 Å². The molecule has 4 heteroatoms. The molecule has 2 unspecified atom stereocenters. The van der Waals surface area contributed by atoms with E-state index in [1.165, 1.54) is 0 Å². The quantitative estimate of drug-likeness (QED) is 0.536. The van der Waals surface area contributed by atoms with E-state index in [9.17, 15) is 4.79 Å². The molecular formula is C10H21NO3. The molecule has 4 nitrogen and oxygen atoms in total. The van der Waals surface area contributed by atoms with E-state index in [2.05, 4.69) is 5.32 Å². The predicted molar refractivity (Wildman–Crippen MR) is 55.2 cm³/mol. The van der Waals surface area contributed by atoms with Crippen LogP contribution in [0.25, 0.3) is 0 Å². The largest absolute Gasteiger partial charge is 0.480 e. The highest BCUT2D eigenvalue weighted by atomic mass is 16.4. The van der Waals surface area contributed by atoms with Gasteiger partial charge in [0.1, 0.15) is 6.04 Å². The molecule has 0 aromatic carbocycles. The molecule has 0 aromatic rings. The lowest BCUT2D eigenvalue weighted by Gasteiger charge is -2.17. The molecular weight excluding hydrogens is 182 g/mol. The standard InChI is InChI=1S/C10H21NO3/c1-7(2)9(10(13)14)11-6-4-5-8(3)12/h7-9,11-12H,4-6H2,1-3H3,(H,13,14). The number of carboxylic acid groups (broad SMARTS) is 1. The number of nitrogens with one attached hydrogen (secondary N) is 1. The molecule has 0 amide bonds. The summed E-state index contributed by atoms with van der Waals surface area (Å²) in [6, 6.07) is -0.482. The van der Waals surface area contributed by atoms with E-state index < -0.39 is 12.0 Å². The van der Waals surface area contributed by atoms with Gasteiger partial charge in [-0.05, 0) is 32.2 Å². The van der Waals surface area contributed by atoms with Crippen molar-refractivity contribution < 1.29 is 15.0 Å². The number of aliphatic hydroxyl groups is 1. The van der Waals surface area contributed by atoms with Crippen LogP contribution in [0, 0.1) is 5.92 Å². The first-order chi connectivity index (χ1) is 6.45. The Hall–Kier alpha value is -0.610. The van der Waals surface area contributed by atoms with Crippen LogP contribution in [0.1, 0.15) is 33.6 Å². The monoisotopic (exact) mass is 203 g/mol. The van der Waals surface area contributed by atoms with E-state index >= 15 is 0 Å². The van der Waals surface area contributed by atoms with E-state index in [4.69, 9.17) is 10.2 Å². The third kappa shape index (κ3) is 5.94. The van der Waals surface area contributed by atoms with Crippen LogP contribution in [-0.4, -0.2) is 34.9 Å². The summed E-state index contributed by atoms with van der Waals surface area (Å²) in [6.45, 7) is 6.12. The molecule has 0 fully saturated rings. The van der Waals surface area contributed by atoms with E-state index in [-0.39, 0.29) is 12.0 Å². The number of hydrogen-bond donors (Lipinski definition) is 3. The average Bonchev–Trinajstić information content (AvgIpc) is 2.01. The zero-order valence-electron chi connectivity index (χ0n) is 9.16.